The standard InChI is InChI=1S/C14H21N3O2/c1-10-8-15-7-6-12(10)16-14(19)17-13-5-3-2-4-11(13)9-18/h6-8,11,13,18H,2-5,9H2,1H3,(H2,15,16,17,19)/t11-,13-/m1/s1. The summed E-state index contributed by atoms with van der Waals surface area (Å²) < 4.78 is 0. The van der Waals surface area contributed by atoms with Crippen molar-refractivity contribution in [3.63, 3.8) is 0 Å². The van der Waals surface area contributed by atoms with Crippen LogP contribution < -0.4 is 10.6 Å². The van der Waals surface area contributed by atoms with Crippen molar-refractivity contribution in [1.29, 1.82) is 0 Å². The fraction of sp³-hybridized carbons (Fsp3) is 0.571. The summed E-state index contributed by atoms with van der Waals surface area (Å²) >= 11 is 0. The Morgan fingerprint density at radius 2 is 2.26 bits per heavy atom. The molecule has 1 aromatic rings. The first-order valence-electron chi connectivity index (χ1n) is 6.79. The molecule has 2 rings (SSSR count). The number of carbonyl (C=O) groups is 1. The minimum Gasteiger partial charge on any atom is -0.396 e. The lowest BCUT2D eigenvalue weighted by Crippen LogP contribution is -2.45. The van der Waals surface area contributed by atoms with E-state index in [1.807, 2.05) is 6.92 Å². The van der Waals surface area contributed by atoms with Crippen LogP contribution in [0.25, 0.3) is 0 Å². The van der Waals surface area contributed by atoms with Crippen molar-refractivity contribution in [2.45, 2.75) is 38.6 Å². The number of aromatic nitrogens is 1. The molecule has 2 atom stereocenters. The fourth-order valence-corrected chi connectivity index (χ4v) is 2.56. The summed E-state index contributed by atoms with van der Waals surface area (Å²) in [6.07, 6.45) is 7.53. The summed E-state index contributed by atoms with van der Waals surface area (Å²) in [6.45, 7) is 2.04. The zero-order valence-corrected chi connectivity index (χ0v) is 11.2. The van der Waals surface area contributed by atoms with Crippen LogP contribution in [-0.4, -0.2) is 28.8 Å². The van der Waals surface area contributed by atoms with Crippen LogP contribution in [0.5, 0.6) is 0 Å². The van der Waals surface area contributed by atoms with Crippen molar-refractivity contribution in [2.75, 3.05) is 11.9 Å². The highest BCUT2D eigenvalue weighted by Gasteiger charge is 2.25. The molecule has 1 heterocycles. The predicted molar refractivity (Wildman–Crippen MR) is 74.0 cm³/mol. The topological polar surface area (TPSA) is 74.2 Å². The van der Waals surface area contributed by atoms with Crippen molar-refractivity contribution in [3.05, 3.63) is 24.0 Å². The summed E-state index contributed by atoms with van der Waals surface area (Å²) in [5, 5.41) is 15.1. The molecule has 0 aliphatic heterocycles. The van der Waals surface area contributed by atoms with E-state index in [2.05, 4.69) is 15.6 Å². The van der Waals surface area contributed by atoms with E-state index < -0.39 is 0 Å². The van der Waals surface area contributed by atoms with E-state index in [0.717, 1.165) is 36.9 Å². The second-order valence-corrected chi connectivity index (χ2v) is 5.12. The van der Waals surface area contributed by atoms with E-state index in [9.17, 15) is 9.90 Å². The van der Waals surface area contributed by atoms with Crippen LogP contribution in [0, 0.1) is 12.8 Å². The minimum absolute atomic E-state index is 0.0703. The number of aliphatic hydroxyl groups excluding tert-OH is 1. The van der Waals surface area contributed by atoms with Crippen molar-refractivity contribution in [1.82, 2.24) is 10.3 Å². The largest absolute Gasteiger partial charge is 0.396 e. The van der Waals surface area contributed by atoms with E-state index in [1.165, 1.54) is 0 Å². The predicted octanol–water partition coefficient (Wildman–Crippen LogP) is 2.06. The molecule has 0 aromatic carbocycles. The van der Waals surface area contributed by atoms with E-state index >= 15 is 0 Å². The lowest BCUT2D eigenvalue weighted by Gasteiger charge is -2.30. The highest BCUT2D eigenvalue weighted by molar-refractivity contribution is 5.90. The molecule has 1 aliphatic carbocycles. The third-order valence-corrected chi connectivity index (χ3v) is 3.73. The molecule has 1 aliphatic rings. The number of pyridine rings is 1. The summed E-state index contributed by atoms with van der Waals surface area (Å²) in [4.78, 5) is 16.0. The monoisotopic (exact) mass is 263 g/mol. The van der Waals surface area contributed by atoms with Gasteiger partial charge in [0.1, 0.15) is 0 Å². The van der Waals surface area contributed by atoms with Gasteiger partial charge in [-0.05, 0) is 31.4 Å². The average molecular weight is 263 g/mol. The number of nitrogens with one attached hydrogen (secondary N) is 2. The molecule has 0 unspecified atom stereocenters. The third kappa shape index (κ3) is 3.67. The molecule has 1 aromatic heterocycles. The van der Waals surface area contributed by atoms with Gasteiger partial charge in [0.05, 0.1) is 0 Å². The first kappa shape index (κ1) is 13.8. The van der Waals surface area contributed by atoms with E-state index in [-0.39, 0.29) is 24.6 Å². The second-order valence-electron chi connectivity index (χ2n) is 5.12. The number of aryl methyl sites for hydroxylation is 1. The van der Waals surface area contributed by atoms with Crippen LogP contribution in [-0.2, 0) is 0 Å². The maximum atomic E-state index is 12.0. The van der Waals surface area contributed by atoms with Crippen molar-refractivity contribution in [3.8, 4) is 0 Å². The normalized spacial score (nSPS) is 22.8. The Bertz CT molecular complexity index is 436. The van der Waals surface area contributed by atoms with Crippen LogP contribution in [0.4, 0.5) is 10.5 Å². The van der Waals surface area contributed by atoms with Crippen LogP contribution in [0.15, 0.2) is 18.5 Å². The van der Waals surface area contributed by atoms with Gasteiger partial charge in [-0.1, -0.05) is 12.8 Å². The molecule has 1 fully saturated rings. The molecule has 104 valence electrons. The van der Waals surface area contributed by atoms with Crippen molar-refractivity contribution in [2.24, 2.45) is 5.92 Å². The lowest BCUT2D eigenvalue weighted by atomic mass is 9.85. The molecule has 2 amide bonds. The molecule has 0 saturated heterocycles. The Balaban J connectivity index is 1.92. The summed E-state index contributed by atoms with van der Waals surface area (Å²) in [6, 6.07) is 1.64. The van der Waals surface area contributed by atoms with Gasteiger partial charge in [0.25, 0.3) is 0 Å². The number of amides is 2. The number of hydrogen-bond acceptors (Lipinski definition) is 3. The van der Waals surface area contributed by atoms with Crippen LogP contribution in [0.1, 0.15) is 31.2 Å². The first-order valence-corrected chi connectivity index (χ1v) is 6.79. The first-order chi connectivity index (χ1) is 9.20. The Labute approximate surface area is 113 Å². The van der Waals surface area contributed by atoms with Gasteiger partial charge >= 0.3 is 6.03 Å². The molecule has 5 heteroatoms. The molecule has 0 bridgehead atoms. The molecule has 3 N–H and O–H groups in total. The third-order valence-electron chi connectivity index (χ3n) is 3.73. The van der Waals surface area contributed by atoms with Gasteiger partial charge in [0.2, 0.25) is 0 Å². The number of nitrogens with zero attached hydrogens (tertiary/aromatic N) is 1. The highest BCUT2D eigenvalue weighted by atomic mass is 16.3. The molecule has 5 nitrogen and oxygen atoms in total. The van der Waals surface area contributed by atoms with Crippen molar-refractivity contribution >= 4 is 11.7 Å². The minimum atomic E-state index is -0.209. The number of rotatable bonds is 3. The van der Waals surface area contributed by atoms with Crippen LogP contribution in [0.2, 0.25) is 0 Å². The molecular formula is C14H21N3O2. The molecule has 19 heavy (non-hydrogen) atoms. The second kappa shape index (κ2) is 6.52. The average Bonchev–Trinajstić information content (AvgIpc) is 2.42. The number of hydrogen-bond donors (Lipinski definition) is 3. The number of aliphatic hydroxyl groups is 1. The molecule has 0 spiro atoms. The number of carbonyl (C=O) groups excluding carboxylic acids is 1. The number of anilines is 1. The smallest absolute Gasteiger partial charge is 0.319 e. The van der Waals surface area contributed by atoms with Crippen LogP contribution >= 0.6 is 0 Å². The summed E-state index contributed by atoms with van der Waals surface area (Å²) in [7, 11) is 0. The quantitative estimate of drug-likeness (QED) is 0.781. The van der Waals surface area contributed by atoms with Crippen molar-refractivity contribution < 1.29 is 9.90 Å². The van der Waals surface area contributed by atoms with E-state index in [4.69, 9.17) is 0 Å². The SMILES string of the molecule is Cc1cnccc1NC(=O)N[C@@H]1CCCC[C@@H]1CO. The van der Waals surface area contributed by atoms with Crippen LogP contribution in [0.3, 0.4) is 0 Å². The fourth-order valence-electron chi connectivity index (χ4n) is 2.56. The Kier molecular flexibility index (Phi) is 4.74. The Morgan fingerprint density at radius 3 is 3.00 bits per heavy atom. The highest BCUT2D eigenvalue weighted by Crippen LogP contribution is 2.24. The summed E-state index contributed by atoms with van der Waals surface area (Å²) in [5.41, 5.74) is 1.70. The zero-order chi connectivity index (χ0) is 13.7. The van der Waals surface area contributed by atoms with Gasteiger partial charge < -0.3 is 15.7 Å². The molecule has 0 radical (unpaired) electrons. The summed E-state index contributed by atoms with van der Waals surface area (Å²) in [5.74, 6) is 0.179. The van der Waals surface area contributed by atoms with Gasteiger partial charge in [-0.25, -0.2) is 4.79 Å². The van der Waals surface area contributed by atoms with E-state index in [0.29, 0.717) is 0 Å². The van der Waals surface area contributed by atoms with Gasteiger partial charge in [0, 0.05) is 36.6 Å². The molecular weight excluding hydrogens is 242 g/mol. The van der Waals surface area contributed by atoms with Gasteiger partial charge in [-0.2, -0.15) is 0 Å². The maximum absolute atomic E-state index is 12.0. The van der Waals surface area contributed by atoms with Gasteiger partial charge in [-0.15, -0.1) is 0 Å². The Morgan fingerprint density at radius 1 is 1.47 bits per heavy atom. The van der Waals surface area contributed by atoms with E-state index in [1.54, 1.807) is 18.5 Å². The zero-order valence-electron chi connectivity index (χ0n) is 11.2. The maximum Gasteiger partial charge on any atom is 0.319 e. The Hall–Kier alpha value is -1.62. The number of urea groups is 1. The molecule has 1 saturated carbocycles. The lowest BCUT2D eigenvalue weighted by molar-refractivity contribution is 0.156. The van der Waals surface area contributed by atoms with Gasteiger partial charge in [-0.3, -0.25) is 4.98 Å². The van der Waals surface area contributed by atoms with Gasteiger partial charge in [0.15, 0.2) is 0 Å².